The average Bonchev–Trinajstić information content (AvgIpc) is 2.21. The summed E-state index contributed by atoms with van der Waals surface area (Å²) < 4.78 is 5.47. The number of rotatable bonds is 10. The molecule has 0 aromatic rings. The van der Waals surface area contributed by atoms with Crippen molar-refractivity contribution in [3.63, 3.8) is 0 Å². The van der Waals surface area contributed by atoms with Crippen LogP contribution in [0.25, 0.3) is 0 Å². The molecule has 1 nitrogen and oxygen atoms in total. The molecule has 0 saturated carbocycles. The van der Waals surface area contributed by atoms with Crippen LogP contribution >= 0.6 is 0 Å². The average molecular weight is 260 g/mol. The molecule has 0 aromatic carbocycles. The van der Waals surface area contributed by atoms with E-state index in [1.165, 1.54) is 30.9 Å². The Morgan fingerprint density at radius 2 is 1.43 bits per heavy atom. The van der Waals surface area contributed by atoms with E-state index in [1.807, 2.05) is 0 Å². The fraction of sp³-hybridized carbons (Fsp3) is 1.00. The Labute approximate surface area is 94.7 Å². The van der Waals surface area contributed by atoms with Gasteiger partial charge in [0.25, 0.3) is 0 Å². The van der Waals surface area contributed by atoms with E-state index in [2.05, 4.69) is 20.8 Å². The summed E-state index contributed by atoms with van der Waals surface area (Å²) >= 11 is -0.694. The van der Waals surface area contributed by atoms with Gasteiger partial charge in [0.2, 0.25) is 0 Å². The molecule has 0 atom stereocenters. The molecule has 0 aliphatic heterocycles. The van der Waals surface area contributed by atoms with Crippen LogP contribution in [0.1, 0.15) is 46.5 Å². The standard InChI is InChI=1S/C12H27GeO/c1-4-7-9-13(10-8-5-2)11-12-14-6-3/h4-12H2,1-3H3. The van der Waals surface area contributed by atoms with Crippen LogP contribution in [0.3, 0.4) is 0 Å². The zero-order chi connectivity index (χ0) is 10.6. The molecule has 85 valence electrons. The summed E-state index contributed by atoms with van der Waals surface area (Å²) in [5.41, 5.74) is 0. The van der Waals surface area contributed by atoms with Gasteiger partial charge in [-0.25, -0.2) is 0 Å². The first-order chi connectivity index (χ1) is 6.85. The maximum atomic E-state index is 5.47. The van der Waals surface area contributed by atoms with E-state index in [1.54, 1.807) is 10.5 Å². The molecule has 0 unspecified atom stereocenters. The van der Waals surface area contributed by atoms with Gasteiger partial charge >= 0.3 is 94.5 Å². The second kappa shape index (κ2) is 11.6. The van der Waals surface area contributed by atoms with Gasteiger partial charge in [-0.2, -0.15) is 0 Å². The summed E-state index contributed by atoms with van der Waals surface area (Å²) in [4.78, 5) is 0. The van der Waals surface area contributed by atoms with Crippen LogP contribution in [0.4, 0.5) is 0 Å². The van der Waals surface area contributed by atoms with Gasteiger partial charge in [-0.1, -0.05) is 0 Å². The van der Waals surface area contributed by atoms with E-state index in [4.69, 9.17) is 4.74 Å². The van der Waals surface area contributed by atoms with Crippen molar-refractivity contribution in [2.75, 3.05) is 13.2 Å². The number of hydrogen-bond acceptors (Lipinski definition) is 1. The molecule has 0 saturated heterocycles. The van der Waals surface area contributed by atoms with Crippen molar-refractivity contribution in [2.45, 2.75) is 62.2 Å². The van der Waals surface area contributed by atoms with Crippen molar-refractivity contribution in [2.24, 2.45) is 0 Å². The summed E-state index contributed by atoms with van der Waals surface area (Å²) in [5.74, 6) is 0. The summed E-state index contributed by atoms with van der Waals surface area (Å²) in [6.45, 7) is 8.64. The van der Waals surface area contributed by atoms with Gasteiger partial charge < -0.3 is 0 Å². The molecule has 0 aliphatic rings. The SMILES string of the molecule is CCC[CH2][Ge]([CH2]CCC)[CH2]COCC. The second-order valence-corrected chi connectivity index (χ2v) is 10.2. The van der Waals surface area contributed by atoms with Gasteiger partial charge in [0, 0.05) is 0 Å². The third-order valence-corrected chi connectivity index (χ3v) is 8.93. The van der Waals surface area contributed by atoms with Gasteiger partial charge in [-0.05, 0) is 0 Å². The molecule has 2 heteroatoms. The second-order valence-electron chi connectivity index (χ2n) is 3.90. The Balaban J connectivity index is 3.49. The molecule has 0 aliphatic carbocycles. The van der Waals surface area contributed by atoms with Crippen LogP contribution in [-0.2, 0) is 4.74 Å². The van der Waals surface area contributed by atoms with Crippen molar-refractivity contribution >= 4 is 14.3 Å². The Hall–Kier alpha value is 0.503. The predicted octanol–water partition coefficient (Wildman–Crippen LogP) is 4.12. The van der Waals surface area contributed by atoms with Crippen molar-refractivity contribution in [3.8, 4) is 0 Å². The van der Waals surface area contributed by atoms with E-state index in [0.717, 1.165) is 13.2 Å². The third kappa shape index (κ3) is 9.07. The number of ether oxygens (including phenoxy) is 1. The zero-order valence-corrected chi connectivity index (χ0v) is 12.4. The van der Waals surface area contributed by atoms with E-state index < -0.39 is 14.3 Å². The van der Waals surface area contributed by atoms with Crippen molar-refractivity contribution in [3.05, 3.63) is 0 Å². The molecule has 0 rings (SSSR count). The summed E-state index contributed by atoms with van der Waals surface area (Å²) in [6.07, 6.45) is 5.67. The topological polar surface area (TPSA) is 9.23 Å². The van der Waals surface area contributed by atoms with Crippen LogP contribution in [0.2, 0.25) is 15.8 Å². The number of unbranched alkanes of at least 4 members (excludes halogenated alkanes) is 2. The van der Waals surface area contributed by atoms with Crippen molar-refractivity contribution in [1.82, 2.24) is 0 Å². The first-order valence-electron chi connectivity index (χ1n) is 6.26. The summed E-state index contributed by atoms with van der Waals surface area (Å²) in [5, 5.41) is 4.58. The van der Waals surface area contributed by atoms with Gasteiger partial charge in [0.1, 0.15) is 0 Å². The van der Waals surface area contributed by atoms with E-state index in [9.17, 15) is 0 Å². The molecule has 0 amide bonds. The molecule has 0 aromatic heterocycles. The Morgan fingerprint density at radius 3 is 1.86 bits per heavy atom. The molecular formula is C12H27GeO. The van der Waals surface area contributed by atoms with Crippen LogP contribution in [0, 0.1) is 0 Å². The monoisotopic (exact) mass is 261 g/mol. The maximum absolute atomic E-state index is 5.47. The summed E-state index contributed by atoms with van der Waals surface area (Å²) in [7, 11) is 0. The van der Waals surface area contributed by atoms with Crippen LogP contribution in [0.5, 0.6) is 0 Å². The first-order valence-corrected chi connectivity index (χ1v) is 10.7. The molecule has 0 spiro atoms. The molecule has 1 radical (unpaired) electrons. The molecule has 0 fully saturated rings. The van der Waals surface area contributed by atoms with Crippen LogP contribution in [-0.4, -0.2) is 27.6 Å². The quantitative estimate of drug-likeness (QED) is 0.424. The van der Waals surface area contributed by atoms with Crippen LogP contribution in [0.15, 0.2) is 0 Å². The molecule has 0 N–H and O–H groups in total. The van der Waals surface area contributed by atoms with Gasteiger partial charge in [-0.15, -0.1) is 0 Å². The summed E-state index contributed by atoms with van der Waals surface area (Å²) in [6, 6.07) is 0. The molecule has 0 bridgehead atoms. The minimum absolute atomic E-state index is 0.694. The van der Waals surface area contributed by atoms with Crippen LogP contribution < -0.4 is 0 Å². The first kappa shape index (κ1) is 14.5. The van der Waals surface area contributed by atoms with E-state index in [0.29, 0.717) is 0 Å². The minimum atomic E-state index is -0.694. The van der Waals surface area contributed by atoms with Gasteiger partial charge in [0.15, 0.2) is 0 Å². The third-order valence-electron chi connectivity index (χ3n) is 2.57. The Bertz CT molecular complexity index is 98.5. The Morgan fingerprint density at radius 1 is 0.857 bits per heavy atom. The number of hydrogen-bond donors (Lipinski definition) is 0. The normalized spacial score (nSPS) is 11.1. The molecule has 0 heterocycles. The van der Waals surface area contributed by atoms with Crippen molar-refractivity contribution < 1.29 is 4.74 Å². The van der Waals surface area contributed by atoms with E-state index >= 15 is 0 Å². The van der Waals surface area contributed by atoms with Gasteiger partial charge in [0.05, 0.1) is 0 Å². The van der Waals surface area contributed by atoms with Gasteiger partial charge in [-0.3, -0.25) is 0 Å². The molecular weight excluding hydrogens is 233 g/mol. The zero-order valence-electron chi connectivity index (χ0n) is 10.3. The predicted molar refractivity (Wildman–Crippen MR) is 66.5 cm³/mol. The molecule has 14 heavy (non-hydrogen) atoms. The van der Waals surface area contributed by atoms with E-state index in [-0.39, 0.29) is 0 Å². The fourth-order valence-electron chi connectivity index (χ4n) is 1.59. The van der Waals surface area contributed by atoms with Crippen molar-refractivity contribution in [1.29, 1.82) is 0 Å². The fourth-order valence-corrected chi connectivity index (χ4v) is 7.65. The Kier molecular flexibility index (Phi) is 12.0.